The Bertz CT molecular complexity index is 559. The maximum Gasteiger partial charge on any atom is 0.173 e. The molecule has 0 unspecified atom stereocenters. The molecular formula is C19H29N3O2S. The van der Waals surface area contributed by atoms with Crippen LogP contribution in [-0.2, 0) is 9.47 Å². The zero-order chi connectivity index (χ0) is 17.7. The molecule has 0 bridgehead atoms. The number of thiocarbonyl (C=S) groups is 1. The number of nitrogens with zero attached hydrogens (tertiary/aromatic N) is 2. The topological polar surface area (TPSA) is 37.0 Å². The highest BCUT2D eigenvalue weighted by Crippen LogP contribution is 2.31. The Kier molecular flexibility index (Phi) is 6.15. The Morgan fingerprint density at radius 2 is 1.72 bits per heavy atom. The molecule has 138 valence electrons. The molecule has 1 spiro atoms. The number of hydrogen-bond donors (Lipinski definition) is 1. The smallest absolute Gasteiger partial charge is 0.173 e. The van der Waals surface area contributed by atoms with E-state index in [1.807, 2.05) is 0 Å². The summed E-state index contributed by atoms with van der Waals surface area (Å²) in [4.78, 5) is 4.54. The number of anilines is 2. The molecule has 2 saturated heterocycles. The summed E-state index contributed by atoms with van der Waals surface area (Å²) in [5.74, 6) is -0.365. The molecule has 5 nitrogen and oxygen atoms in total. The lowest BCUT2D eigenvalue weighted by Crippen LogP contribution is -2.52. The summed E-state index contributed by atoms with van der Waals surface area (Å²) in [6, 6.07) is 8.48. The average molecular weight is 364 g/mol. The van der Waals surface area contributed by atoms with Crippen molar-refractivity contribution < 1.29 is 9.47 Å². The minimum atomic E-state index is -0.365. The van der Waals surface area contributed by atoms with Crippen molar-refractivity contribution in [2.75, 3.05) is 49.6 Å². The van der Waals surface area contributed by atoms with E-state index in [9.17, 15) is 0 Å². The van der Waals surface area contributed by atoms with Crippen LogP contribution >= 0.6 is 12.2 Å². The van der Waals surface area contributed by atoms with Crippen molar-refractivity contribution in [1.82, 2.24) is 4.90 Å². The largest absolute Gasteiger partial charge is 0.372 e. The molecule has 0 atom stereocenters. The van der Waals surface area contributed by atoms with Gasteiger partial charge in [0.1, 0.15) is 0 Å². The van der Waals surface area contributed by atoms with Crippen molar-refractivity contribution in [1.29, 1.82) is 0 Å². The van der Waals surface area contributed by atoms with Crippen LogP contribution in [0.3, 0.4) is 0 Å². The number of benzene rings is 1. The highest BCUT2D eigenvalue weighted by atomic mass is 32.1. The summed E-state index contributed by atoms with van der Waals surface area (Å²) in [6.45, 7) is 9.72. The van der Waals surface area contributed by atoms with Crippen molar-refractivity contribution >= 4 is 28.7 Å². The van der Waals surface area contributed by atoms with E-state index in [-0.39, 0.29) is 5.79 Å². The Balaban J connectivity index is 1.52. The van der Waals surface area contributed by atoms with E-state index >= 15 is 0 Å². The second-order valence-corrected chi connectivity index (χ2v) is 6.98. The first kappa shape index (κ1) is 18.4. The first-order valence-corrected chi connectivity index (χ1v) is 9.75. The lowest BCUT2D eigenvalue weighted by Gasteiger charge is -2.44. The third-order valence-electron chi connectivity index (χ3n) is 5.08. The van der Waals surface area contributed by atoms with E-state index in [1.54, 1.807) is 0 Å². The summed E-state index contributed by atoms with van der Waals surface area (Å²) in [5.41, 5.74) is 2.28. The number of piperidine rings is 1. The molecule has 1 aromatic carbocycles. The van der Waals surface area contributed by atoms with Crippen molar-refractivity contribution in [3.63, 3.8) is 0 Å². The Morgan fingerprint density at radius 3 is 2.28 bits per heavy atom. The monoisotopic (exact) mass is 363 g/mol. The van der Waals surface area contributed by atoms with Gasteiger partial charge in [0.2, 0.25) is 0 Å². The van der Waals surface area contributed by atoms with Gasteiger partial charge in [-0.2, -0.15) is 0 Å². The lowest BCUT2D eigenvalue weighted by molar-refractivity contribution is -0.281. The van der Waals surface area contributed by atoms with Gasteiger partial charge in [-0.25, -0.2) is 0 Å². The molecule has 2 fully saturated rings. The van der Waals surface area contributed by atoms with Gasteiger partial charge in [-0.1, -0.05) is 0 Å². The third kappa shape index (κ3) is 4.43. The molecule has 0 aliphatic carbocycles. The number of rotatable bonds is 4. The van der Waals surface area contributed by atoms with Gasteiger partial charge in [0.05, 0.1) is 13.2 Å². The maximum atomic E-state index is 5.89. The van der Waals surface area contributed by atoms with Gasteiger partial charge in [0, 0.05) is 50.4 Å². The first-order valence-electron chi connectivity index (χ1n) is 9.34. The second kappa shape index (κ2) is 8.34. The van der Waals surface area contributed by atoms with Crippen LogP contribution < -0.4 is 10.2 Å². The minimum absolute atomic E-state index is 0.365. The van der Waals surface area contributed by atoms with E-state index < -0.39 is 0 Å². The Labute approximate surface area is 156 Å². The highest BCUT2D eigenvalue weighted by Gasteiger charge is 2.38. The van der Waals surface area contributed by atoms with Gasteiger partial charge in [-0.3, -0.25) is 0 Å². The van der Waals surface area contributed by atoms with Crippen molar-refractivity contribution in [3.05, 3.63) is 24.3 Å². The molecule has 0 aromatic heterocycles. The number of ether oxygens (including phenoxy) is 2. The maximum absolute atomic E-state index is 5.89. The molecule has 0 saturated carbocycles. The molecule has 2 heterocycles. The van der Waals surface area contributed by atoms with E-state index in [4.69, 9.17) is 21.7 Å². The fraction of sp³-hybridized carbons (Fsp3) is 0.632. The van der Waals surface area contributed by atoms with Gasteiger partial charge >= 0.3 is 0 Å². The Morgan fingerprint density at radius 1 is 1.12 bits per heavy atom. The predicted molar refractivity (Wildman–Crippen MR) is 106 cm³/mol. The van der Waals surface area contributed by atoms with Gasteiger partial charge in [-0.15, -0.1) is 0 Å². The molecule has 2 aliphatic heterocycles. The van der Waals surface area contributed by atoms with Crippen LogP contribution in [0.1, 0.15) is 33.1 Å². The second-order valence-electron chi connectivity index (χ2n) is 6.60. The normalized spacial score (nSPS) is 19.7. The van der Waals surface area contributed by atoms with E-state index in [0.29, 0.717) is 0 Å². The SMILES string of the molecule is CCN(CC)c1ccc(NC(=S)N2CCC3(CC2)OCCCO3)cc1. The van der Waals surface area contributed by atoms with Crippen LogP contribution in [-0.4, -0.2) is 55.2 Å². The lowest BCUT2D eigenvalue weighted by atomic mass is 10.0. The molecular weight excluding hydrogens is 334 g/mol. The van der Waals surface area contributed by atoms with Crippen LogP contribution in [0.15, 0.2) is 24.3 Å². The molecule has 25 heavy (non-hydrogen) atoms. The summed E-state index contributed by atoms with van der Waals surface area (Å²) in [6.07, 6.45) is 2.74. The molecule has 0 radical (unpaired) electrons. The van der Waals surface area contributed by atoms with Crippen LogP contribution in [0.5, 0.6) is 0 Å². The molecule has 6 heteroatoms. The van der Waals surface area contributed by atoms with Crippen molar-refractivity contribution in [2.45, 2.75) is 38.9 Å². The van der Waals surface area contributed by atoms with Gasteiger partial charge in [0.25, 0.3) is 0 Å². The molecule has 3 rings (SSSR count). The van der Waals surface area contributed by atoms with Crippen LogP contribution in [0, 0.1) is 0 Å². The number of likely N-dealkylation sites (tertiary alicyclic amines) is 1. The van der Waals surface area contributed by atoms with E-state index in [2.05, 4.69) is 53.2 Å². The van der Waals surface area contributed by atoms with Crippen LogP contribution in [0.2, 0.25) is 0 Å². The van der Waals surface area contributed by atoms with E-state index in [1.165, 1.54) is 5.69 Å². The third-order valence-corrected chi connectivity index (χ3v) is 5.44. The van der Waals surface area contributed by atoms with Crippen LogP contribution in [0.25, 0.3) is 0 Å². The van der Waals surface area contributed by atoms with Crippen LogP contribution in [0.4, 0.5) is 11.4 Å². The molecule has 1 aromatic rings. The number of nitrogens with one attached hydrogen (secondary N) is 1. The summed E-state index contributed by atoms with van der Waals surface area (Å²) < 4.78 is 11.8. The first-order chi connectivity index (χ1) is 12.2. The fourth-order valence-corrected chi connectivity index (χ4v) is 3.80. The molecule has 1 N–H and O–H groups in total. The molecule has 2 aliphatic rings. The highest BCUT2D eigenvalue weighted by molar-refractivity contribution is 7.80. The van der Waals surface area contributed by atoms with Crippen molar-refractivity contribution in [3.8, 4) is 0 Å². The fourth-order valence-electron chi connectivity index (χ4n) is 3.50. The summed E-state index contributed by atoms with van der Waals surface area (Å²) in [7, 11) is 0. The van der Waals surface area contributed by atoms with E-state index in [0.717, 1.165) is 69.5 Å². The quantitative estimate of drug-likeness (QED) is 0.826. The van der Waals surface area contributed by atoms with Gasteiger partial charge in [0.15, 0.2) is 10.9 Å². The standard InChI is InChI=1S/C19H29N3O2S/c1-3-21(4-2)17-8-6-16(7-9-17)20-18(25)22-12-10-19(11-13-22)23-14-5-15-24-19/h6-9H,3-5,10-15H2,1-2H3,(H,20,25). The summed E-state index contributed by atoms with van der Waals surface area (Å²) >= 11 is 5.60. The van der Waals surface area contributed by atoms with Gasteiger partial charge < -0.3 is 24.6 Å². The molecule has 0 amide bonds. The zero-order valence-electron chi connectivity index (χ0n) is 15.3. The van der Waals surface area contributed by atoms with Crippen molar-refractivity contribution in [2.24, 2.45) is 0 Å². The summed E-state index contributed by atoms with van der Waals surface area (Å²) in [5, 5.41) is 4.14. The Hall–Kier alpha value is -1.37. The van der Waals surface area contributed by atoms with Gasteiger partial charge in [-0.05, 0) is 56.8 Å². The minimum Gasteiger partial charge on any atom is -0.372 e. The zero-order valence-corrected chi connectivity index (χ0v) is 16.1. The predicted octanol–water partition coefficient (Wildman–Crippen LogP) is 3.46. The average Bonchev–Trinajstić information content (AvgIpc) is 2.65. The number of hydrogen-bond acceptors (Lipinski definition) is 4.